The van der Waals surface area contributed by atoms with Gasteiger partial charge in [0.25, 0.3) is 5.91 Å². The van der Waals surface area contributed by atoms with Crippen molar-refractivity contribution in [3.63, 3.8) is 0 Å². The van der Waals surface area contributed by atoms with Crippen molar-refractivity contribution < 1.29 is 37.4 Å². The lowest BCUT2D eigenvalue weighted by atomic mass is 10.1. The molecule has 0 radical (unpaired) electrons. The third-order valence-corrected chi connectivity index (χ3v) is 6.01. The van der Waals surface area contributed by atoms with Gasteiger partial charge in [-0.25, -0.2) is 9.78 Å². The molecule has 1 saturated heterocycles. The Morgan fingerprint density at radius 1 is 1.29 bits per heavy atom. The summed E-state index contributed by atoms with van der Waals surface area (Å²) < 4.78 is 41.8. The monoisotopic (exact) mass is 494 g/mol. The molecule has 0 bridgehead atoms. The van der Waals surface area contributed by atoms with E-state index >= 15 is 0 Å². The molecule has 4 rings (SSSR count). The molecule has 1 aliphatic heterocycles. The van der Waals surface area contributed by atoms with E-state index < -0.39 is 24.7 Å². The molecule has 2 aliphatic rings. The molecule has 10 nitrogen and oxygen atoms in total. The Balaban J connectivity index is 1.61. The van der Waals surface area contributed by atoms with Crippen molar-refractivity contribution in [1.82, 2.24) is 14.8 Å². The van der Waals surface area contributed by atoms with Gasteiger partial charge >= 0.3 is 12.7 Å². The highest BCUT2D eigenvalue weighted by molar-refractivity contribution is 5.94. The second kappa shape index (κ2) is 10.1. The van der Waals surface area contributed by atoms with E-state index in [0.717, 1.165) is 12.8 Å². The third kappa shape index (κ3) is 5.64. The van der Waals surface area contributed by atoms with Crippen LogP contribution in [0.25, 0.3) is 11.5 Å². The van der Waals surface area contributed by atoms with Gasteiger partial charge in [-0.05, 0) is 50.8 Å². The number of aromatic nitrogens is 1. The van der Waals surface area contributed by atoms with Crippen LogP contribution in [0.5, 0.6) is 11.5 Å². The first-order valence-electron chi connectivity index (χ1n) is 11.4. The normalized spacial score (nSPS) is 19.1. The summed E-state index contributed by atoms with van der Waals surface area (Å²) in [6.45, 7) is 1.32. The van der Waals surface area contributed by atoms with E-state index in [-0.39, 0.29) is 54.5 Å². The molecule has 35 heavy (non-hydrogen) atoms. The van der Waals surface area contributed by atoms with Crippen LogP contribution in [-0.4, -0.2) is 70.8 Å². The minimum Gasteiger partial charge on any atom is -0.489 e. The van der Waals surface area contributed by atoms with Gasteiger partial charge in [0.15, 0.2) is 23.0 Å². The van der Waals surface area contributed by atoms with E-state index in [1.165, 1.54) is 28.0 Å². The second-order valence-electron chi connectivity index (χ2n) is 8.89. The van der Waals surface area contributed by atoms with Crippen molar-refractivity contribution in [2.45, 2.75) is 45.4 Å². The Labute approximate surface area is 200 Å². The summed E-state index contributed by atoms with van der Waals surface area (Å²) in [6.07, 6.45) is 1.00. The molecule has 2 atom stereocenters. The number of rotatable bonds is 8. The molecule has 2 amide bonds. The van der Waals surface area contributed by atoms with E-state index in [0.29, 0.717) is 18.1 Å². The lowest BCUT2D eigenvalue weighted by Gasteiger charge is -2.38. The fraction of sp³-hybridized carbons (Fsp3) is 0.522. The number of halogens is 2. The Morgan fingerprint density at radius 3 is 2.63 bits per heavy atom. The zero-order chi connectivity index (χ0) is 25.3. The Morgan fingerprint density at radius 2 is 2.03 bits per heavy atom. The van der Waals surface area contributed by atoms with E-state index in [2.05, 4.69) is 9.72 Å². The zero-order valence-corrected chi connectivity index (χ0v) is 19.4. The van der Waals surface area contributed by atoms with Crippen LogP contribution in [0.4, 0.5) is 13.6 Å². The number of carbonyl (C=O) groups excluding carboxylic acids is 1. The lowest BCUT2D eigenvalue weighted by Crippen LogP contribution is -2.55. The van der Waals surface area contributed by atoms with E-state index in [1.807, 2.05) is 0 Å². The lowest BCUT2D eigenvalue weighted by molar-refractivity contribution is -0.0515. The molecule has 190 valence electrons. The minimum absolute atomic E-state index is 0.0272. The van der Waals surface area contributed by atoms with Crippen molar-refractivity contribution in [2.75, 3.05) is 26.2 Å². The summed E-state index contributed by atoms with van der Waals surface area (Å²) in [6, 6.07) is 3.27. The van der Waals surface area contributed by atoms with Crippen LogP contribution in [0, 0.1) is 5.92 Å². The van der Waals surface area contributed by atoms with Gasteiger partial charge in [0.2, 0.25) is 5.89 Å². The molecule has 1 aliphatic carbocycles. The highest BCUT2D eigenvalue weighted by atomic mass is 19.3. The number of carbonyl (C=O) groups is 2. The summed E-state index contributed by atoms with van der Waals surface area (Å²) in [7, 11) is 0. The number of hydrogen-bond acceptors (Lipinski definition) is 7. The topological polar surface area (TPSA) is 131 Å². The summed E-state index contributed by atoms with van der Waals surface area (Å²) in [4.78, 5) is 31.8. The zero-order valence-electron chi connectivity index (χ0n) is 19.4. The number of hydrogen-bond donors (Lipinski definition) is 2. The fourth-order valence-electron chi connectivity index (χ4n) is 3.93. The van der Waals surface area contributed by atoms with Gasteiger partial charge in [-0.1, -0.05) is 0 Å². The predicted octanol–water partition coefficient (Wildman–Crippen LogP) is 3.58. The number of nitrogens with zero attached hydrogens (tertiary/aromatic N) is 3. The quantitative estimate of drug-likeness (QED) is 0.569. The van der Waals surface area contributed by atoms with Crippen LogP contribution >= 0.6 is 0 Å². The number of oxazole rings is 1. The van der Waals surface area contributed by atoms with Gasteiger partial charge in [0.1, 0.15) is 0 Å². The van der Waals surface area contributed by atoms with Crippen LogP contribution < -0.4 is 15.2 Å². The molecule has 1 aromatic carbocycles. The number of nitrogens with two attached hydrogens (primary N) is 1. The molecule has 2 fully saturated rings. The van der Waals surface area contributed by atoms with Crippen LogP contribution in [0.15, 0.2) is 22.6 Å². The van der Waals surface area contributed by atoms with Crippen LogP contribution in [-0.2, 0) is 0 Å². The number of benzene rings is 1. The first kappa shape index (κ1) is 24.7. The van der Waals surface area contributed by atoms with Crippen LogP contribution in [0.2, 0.25) is 0 Å². The number of amides is 2. The van der Waals surface area contributed by atoms with E-state index in [4.69, 9.17) is 14.9 Å². The third-order valence-electron chi connectivity index (χ3n) is 6.01. The van der Waals surface area contributed by atoms with Gasteiger partial charge in [-0.15, -0.1) is 0 Å². The molecule has 1 saturated carbocycles. The number of piperazine rings is 1. The SMILES string of the molecule is CC(N)c1oc(-c2ccc(OC(F)F)c(OCC3CC3)c2)nc1C(=O)N1CCN(C(=O)O)[C@H](C)C1. The summed E-state index contributed by atoms with van der Waals surface area (Å²) in [5.41, 5.74) is 6.47. The fourth-order valence-corrected chi connectivity index (χ4v) is 3.93. The first-order chi connectivity index (χ1) is 16.6. The van der Waals surface area contributed by atoms with Crippen molar-refractivity contribution in [2.24, 2.45) is 11.7 Å². The molecule has 0 spiro atoms. The van der Waals surface area contributed by atoms with Gasteiger partial charge in [-0.2, -0.15) is 8.78 Å². The molecule has 3 N–H and O–H groups in total. The Kier molecular flexibility index (Phi) is 7.10. The van der Waals surface area contributed by atoms with Crippen LogP contribution in [0.3, 0.4) is 0 Å². The van der Waals surface area contributed by atoms with Gasteiger partial charge in [0, 0.05) is 31.2 Å². The first-order valence-corrected chi connectivity index (χ1v) is 11.4. The molecule has 12 heteroatoms. The van der Waals surface area contributed by atoms with Crippen molar-refractivity contribution >= 4 is 12.0 Å². The number of ether oxygens (including phenoxy) is 2. The smallest absolute Gasteiger partial charge is 0.407 e. The van der Waals surface area contributed by atoms with E-state index in [9.17, 15) is 23.5 Å². The van der Waals surface area contributed by atoms with Crippen molar-refractivity contribution in [3.8, 4) is 23.0 Å². The summed E-state index contributed by atoms with van der Waals surface area (Å²) in [5, 5.41) is 9.28. The van der Waals surface area contributed by atoms with Gasteiger partial charge < -0.3 is 34.5 Å². The van der Waals surface area contributed by atoms with E-state index in [1.54, 1.807) is 13.8 Å². The highest BCUT2D eigenvalue weighted by Gasteiger charge is 2.33. The molecule has 2 aromatic rings. The summed E-state index contributed by atoms with van der Waals surface area (Å²) >= 11 is 0. The second-order valence-corrected chi connectivity index (χ2v) is 8.89. The highest BCUT2D eigenvalue weighted by Crippen LogP contribution is 2.37. The average molecular weight is 494 g/mol. The average Bonchev–Trinajstić information content (AvgIpc) is 3.52. The maximum absolute atomic E-state index is 13.3. The van der Waals surface area contributed by atoms with Crippen molar-refractivity contribution in [3.05, 3.63) is 29.7 Å². The largest absolute Gasteiger partial charge is 0.489 e. The molecule has 1 unspecified atom stereocenters. The molecular formula is C23H28F2N4O6. The molecule has 1 aromatic heterocycles. The minimum atomic E-state index is -3.01. The van der Waals surface area contributed by atoms with Crippen LogP contribution in [0.1, 0.15) is 49.0 Å². The van der Waals surface area contributed by atoms with Gasteiger partial charge in [-0.3, -0.25) is 4.79 Å². The standard InChI is InChI=1S/C23H28F2N4O6/c1-12-10-28(7-8-29(12)23(31)32)21(30)18-19(13(2)26)35-20(27-18)15-5-6-16(34-22(24)25)17(9-15)33-11-14-3-4-14/h5-6,9,12-14,22H,3-4,7-8,10-11,26H2,1-2H3,(H,31,32)/t12-,13?/m1/s1. The number of carboxylic acid groups (broad SMARTS) is 1. The molecular weight excluding hydrogens is 466 g/mol. The predicted molar refractivity (Wildman–Crippen MR) is 119 cm³/mol. The summed E-state index contributed by atoms with van der Waals surface area (Å²) in [5.74, 6) is 0.237. The van der Waals surface area contributed by atoms with Crippen molar-refractivity contribution in [1.29, 1.82) is 0 Å². The Bertz CT molecular complexity index is 1090. The number of alkyl halides is 2. The van der Waals surface area contributed by atoms with Gasteiger partial charge in [0.05, 0.1) is 12.6 Å². The Hall–Kier alpha value is -3.41. The molecule has 2 heterocycles. The maximum Gasteiger partial charge on any atom is 0.407 e. The maximum atomic E-state index is 13.3.